The summed E-state index contributed by atoms with van der Waals surface area (Å²) in [7, 11) is 0. The first-order valence-electron chi connectivity index (χ1n) is 6.30. The summed E-state index contributed by atoms with van der Waals surface area (Å²) in [5.74, 6) is 0.565. The maximum absolute atomic E-state index is 5.85. The molecule has 1 saturated heterocycles. The SMILES string of the molecule is Cc1ccc2c(C3NCCC3CN)c[nH]c2c1. The number of fused-ring (bicyclic) bond motifs is 1. The van der Waals surface area contributed by atoms with Crippen molar-refractivity contribution in [3.8, 4) is 0 Å². The molecule has 3 heteroatoms. The summed E-state index contributed by atoms with van der Waals surface area (Å²) in [5, 5.41) is 4.89. The summed E-state index contributed by atoms with van der Waals surface area (Å²) in [6, 6.07) is 7.00. The molecule has 1 aromatic carbocycles. The first kappa shape index (κ1) is 10.8. The smallest absolute Gasteiger partial charge is 0.0460 e. The number of rotatable bonds is 2. The van der Waals surface area contributed by atoms with Gasteiger partial charge in [-0.05, 0) is 49.5 Å². The lowest BCUT2D eigenvalue weighted by Crippen LogP contribution is -2.22. The number of benzene rings is 1. The van der Waals surface area contributed by atoms with Gasteiger partial charge in [0.1, 0.15) is 0 Å². The molecule has 0 amide bonds. The van der Waals surface area contributed by atoms with Crippen LogP contribution in [0.2, 0.25) is 0 Å². The molecule has 3 rings (SSSR count). The molecule has 1 aromatic heterocycles. The molecule has 0 bridgehead atoms. The molecule has 2 atom stereocenters. The normalized spacial score (nSPS) is 24.6. The van der Waals surface area contributed by atoms with Gasteiger partial charge in [-0.15, -0.1) is 0 Å². The molecule has 17 heavy (non-hydrogen) atoms. The zero-order valence-electron chi connectivity index (χ0n) is 10.2. The van der Waals surface area contributed by atoms with Gasteiger partial charge in [0, 0.05) is 23.1 Å². The zero-order valence-corrected chi connectivity index (χ0v) is 10.2. The number of nitrogens with two attached hydrogens (primary N) is 1. The fourth-order valence-corrected chi connectivity index (χ4v) is 2.90. The van der Waals surface area contributed by atoms with Gasteiger partial charge in [-0.25, -0.2) is 0 Å². The van der Waals surface area contributed by atoms with Gasteiger partial charge >= 0.3 is 0 Å². The van der Waals surface area contributed by atoms with E-state index >= 15 is 0 Å². The minimum atomic E-state index is 0.413. The van der Waals surface area contributed by atoms with Crippen molar-refractivity contribution in [2.24, 2.45) is 11.7 Å². The minimum Gasteiger partial charge on any atom is -0.361 e. The van der Waals surface area contributed by atoms with E-state index in [1.54, 1.807) is 0 Å². The van der Waals surface area contributed by atoms with E-state index in [9.17, 15) is 0 Å². The van der Waals surface area contributed by atoms with Crippen LogP contribution in [0.5, 0.6) is 0 Å². The summed E-state index contributed by atoms with van der Waals surface area (Å²) in [6.07, 6.45) is 3.31. The van der Waals surface area contributed by atoms with E-state index in [1.165, 1.54) is 28.5 Å². The summed E-state index contributed by atoms with van der Waals surface area (Å²) in [5.41, 5.74) is 9.74. The monoisotopic (exact) mass is 229 g/mol. The van der Waals surface area contributed by atoms with Crippen molar-refractivity contribution in [1.82, 2.24) is 10.3 Å². The quantitative estimate of drug-likeness (QED) is 0.738. The standard InChI is InChI=1S/C14H19N3/c1-9-2-3-11-12(8-17-13(11)6-9)14-10(7-15)4-5-16-14/h2-3,6,8,10,14,16-17H,4-5,7,15H2,1H3. The van der Waals surface area contributed by atoms with Gasteiger partial charge in [0.25, 0.3) is 0 Å². The Bertz CT molecular complexity index is 529. The fourth-order valence-electron chi connectivity index (χ4n) is 2.90. The average Bonchev–Trinajstić information content (AvgIpc) is 2.92. The first-order valence-corrected chi connectivity index (χ1v) is 6.30. The van der Waals surface area contributed by atoms with Gasteiger partial charge in [-0.2, -0.15) is 0 Å². The van der Waals surface area contributed by atoms with Crippen LogP contribution < -0.4 is 11.1 Å². The molecule has 2 aromatic rings. The van der Waals surface area contributed by atoms with Crippen molar-refractivity contribution in [2.45, 2.75) is 19.4 Å². The highest BCUT2D eigenvalue weighted by molar-refractivity contribution is 5.84. The van der Waals surface area contributed by atoms with E-state index in [4.69, 9.17) is 5.73 Å². The Kier molecular flexibility index (Phi) is 2.65. The topological polar surface area (TPSA) is 53.8 Å². The summed E-state index contributed by atoms with van der Waals surface area (Å²) < 4.78 is 0. The molecule has 0 aliphatic carbocycles. The van der Waals surface area contributed by atoms with Crippen molar-refractivity contribution in [1.29, 1.82) is 0 Å². The van der Waals surface area contributed by atoms with Gasteiger partial charge in [-0.1, -0.05) is 12.1 Å². The number of nitrogens with one attached hydrogen (secondary N) is 2. The van der Waals surface area contributed by atoms with Gasteiger partial charge in [-0.3, -0.25) is 0 Å². The highest BCUT2D eigenvalue weighted by Gasteiger charge is 2.28. The van der Waals surface area contributed by atoms with Crippen LogP contribution in [0.4, 0.5) is 0 Å². The largest absolute Gasteiger partial charge is 0.361 e. The average molecular weight is 229 g/mol. The summed E-state index contributed by atoms with van der Waals surface area (Å²) >= 11 is 0. The highest BCUT2D eigenvalue weighted by atomic mass is 15.0. The van der Waals surface area contributed by atoms with E-state index in [-0.39, 0.29) is 0 Å². The van der Waals surface area contributed by atoms with E-state index in [0.29, 0.717) is 12.0 Å². The third kappa shape index (κ3) is 1.75. The molecule has 0 radical (unpaired) electrons. The lowest BCUT2D eigenvalue weighted by molar-refractivity contribution is 0.475. The Morgan fingerprint density at radius 1 is 1.41 bits per heavy atom. The second-order valence-electron chi connectivity index (χ2n) is 5.01. The lowest BCUT2D eigenvalue weighted by Gasteiger charge is -2.17. The number of aromatic amines is 1. The first-order chi connectivity index (χ1) is 8.29. The second-order valence-corrected chi connectivity index (χ2v) is 5.01. The number of hydrogen-bond acceptors (Lipinski definition) is 2. The maximum atomic E-state index is 5.85. The molecule has 1 fully saturated rings. The second kappa shape index (κ2) is 4.17. The molecule has 0 saturated carbocycles. The van der Waals surface area contributed by atoms with Crippen molar-refractivity contribution in [3.63, 3.8) is 0 Å². The predicted octanol–water partition coefficient (Wildman–Crippen LogP) is 2.09. The minimum absolute atomic E-state index is 0.413. The molecule has 3 nitrogen and oxygen atoms in total. The van der Waals surface area contributed by atoms with Gasteiger partial charge < -0.3 is 16.0 Å². The number of H-pyrrole nitrogens is 1. The maximum Gasteiger partial charge on any atom is 0.0460 e. The molecule has 90 valence electrons. The van der Waals surface area contributed by atoms with Gasteiger partial charge in [0.2, 0.25) is 0 Å². The molecule has 4 N–H and O–H groups in total. The van der Waals surface area contributed by atoms with Crippen LogP contribution in [0.25, 0.3) is 10.9 Å². The number of hydrogen-bond donors (Lipinski definition) is 3. The third-order valence-corrected chi connectivity index (χ3v) is 3.86. The number of aromatic nitrogens is 1. The molecule has 2 heterocycles. The van der Waals surface area contributed by atoms with Crippen molar-refractivity contribution in [2.75, 3.05) is 13.1 Å². The third-order valence-electron chi connectivity index (χ3n) is 3.86. The molecule has 1 aliphatic rings. The van der Waals surface area contributed by atoms with Crippen LogP contribution in [0.3, 0.4) is 0 Å². The number of aryl methyl sites for hydroxylation is 1. The Labute approximate surface area is 101 Å². The van der Waals surface area contributed by atoms with E-state index in [2.05, 4.69) is 41.6 Å². The van der Waals surface area contributed by atoms with E-state index < -0.39 is 0 Å². The van der Waals surface area contributed by atoms with E-state index in [0.717, 1.165) is 13.1 Å². The molecular formula is C14H19N3. The van der Waals surface area contributed by atoms with Crippen LogP contribution in [0.1, 0.15) is 23.6 Å². The van der Waals surface area contributed by atoms with Crippen molar-refractivity contribution >= 4 is 10.9 Å². The Morgan fingerprint density at radius 3 is 3.12 bits per heavy atom. The molecular weight excluding hydrogens is 210 g/mol. The van der Waals surface area contributed by atoms with E-state index in [1.807, 2.05) is 0 Å². The van der Waals surface area contributed by atoms with Crippen LogP contribution in [0.15, 0.2) is 24.4 Å². The Morgan fingerprint density at radius 2 is 2.29 bits per heavy atom. The van der Waals surface area contributed by atoms with Gasteiger partial charge in [0.15, 0.2) is 0 Å². The highest BCUT2D eigenvalue weighted by Crippen LogP contribution is 2.33. The molecule has 0 spiro atoms. The zero-order chi connectivity index (χ0) is 11.8. The molecule has 1 aliphatic heterocycles. The lowest BCUT2D eigenvalue weighted by atomic mass is 9.94. The van der Waals surface area contributed by atoms with Crippen LogP contribution >= 0.6 is 0 Å². The summed E-state index contributed by atoms with van der Waals surface area (Å²) in [4.78, 5) is 3.37. The Balaban J connectivity index is 2.05. The molecule has 2 unspecified atom stereocenters. The Hall–Kier alpha value is -1.32. The van der Waals surface area contributed by atoms with Crippen LogP contribution in [-0.4, -0.2) is 18.1 Å². The summed E-state index contributed by atoms with van der Waals surface area (Å²) in [6.45, 7) is 3.96. The van der Waals surface area contributed by atoms with Gasteiger partial charge in [0.05, 0.1) is 0 Å². The van der Waals surface area contributed by atoms with Crippen LogP contribution in [-0.2, 0) is 0 Å². The van der Waals surface area contributed by atoms with Crippen molar-refractivity contribution in [3.05, 3.63) is 35.5 Å². The van der Waals surface area contributed by atoms with Crippen molar-refractivity contribution < 1.29 is 0 Å². The van der Waals surface area contributed by atoms with Crippen LogP contribution in [0, 0.1) is 12.8 Å². The fraction of sp³-hybridized carbons (Fsp3) is 0.429. The predicted molar refractivity (Wildman–Crippen MR) is 70.9 cm³/mol.